The Kier molecular flexibility index (Phi) is 3.12. The zero-order valence-electron chi connectivity index (χ0n) is 8.92. The van der Waals surface area contributed by atoms with E-state index in [1.165, 1.54) is 0 Å². The Bertz CT molecular complexity index is 469. The van der Waals surface area contributed by atoms with Crippen molar-refractivity contribution in [2.45, 2.75) is 13.5 Å². The molecule has 2 rings (SSSR count). The topological polar surface area (TPSA) is 55.2 Å². The number of aromatic nitrogens is 2. The molecule has 0 saturated heterocycles. The molecule has 1 aromatic carbocycles. The van der Waals surface area contributed by atoms with Crippen LogP contribution in [0.15, 0.2) is 36.5 Å². The number of benzene rings is 1. The molecule has 2 aromatic rings. The van der Waals surface area contributed by atoms with Crippen LogP contribution in [0.25, 0.3) is 0 Å². The van der Waals surface area contributed by atoms with Crippen LogP contribution in [0.2, 0.25) is 0 Å². The fourth-order valence-corrected chi connectivity index (χ4v) is 1.28. The van der Waals surface area contributed by atoms with Crippen molar-refractivity contribution in [1.29, 1.82) is 0 Å². The van der Waals surface area contributed by atoms with Gasteiger partial charge in [-0.3, -0.25) is 0 Å². The highest BCUT2D eigenvalue weighted by molar-refractivity contribution is 5.29. The summed E-state index contributed by atoms with van der Waals surface area (Å²) in [6.07, 6.45) is 1.65. The fraction of sp³-hybridized carbons (Fsp3) is 0.167. The molecule has 4 nitrogen and oxygen atoms in total. The Morgan fingerprint density at radius 2 is 1.94 bits per heavy atom. The Morgan fingerprint density at radius 3 is 2.56 bits per heavy atom. The molecule has 1 aromatic heterocycles. The van der Waals surface area contributed by atoms with Crippen molar-refractivity contribution in [3.63, 3.8) is 0 Å². The van der Waals surface area contributed by atoms with E-state index in [4.69, 9.17) is 9.84 Å². The number of hydrogen-bond donors (Lipinski definition) is 1. The largest absolute Gasteiger partial charge is 0.439 e. The first-order chi connectivity index (χ1) is 7.78. The van der Waals surface area contributed by atoms with E-state index in [1.54, 1.807) is 24.4 Å². The van der Waals surface area contributed by atoms with Gasteiger partial charge in [0, 0.05) is 12.3 Å². The monoisotopic (exact) mass is 216 g/mol. The number of hydrogen-bond acceptors (Lipinski definition) is 4. The third kappa shape index (κ3) is 2.55. The summed E-state index contributed by atoms with van der Waals surface area (Å²) in [5.74, 6) is 1.88. The number of aliphatic hydroxyl groups excluding tert-OH is 1. The second-order valence-corrected chi connectivity index (χ2v) is 3.35. The van der Waals surface area contributed by atoms with Crippen LogP contribution in [0.3, 0.4) is 0 Å². The summed E-state index contributed by atoms with van der Waals surface area (Å²) in [5, 5.41) is 8.89. The van der Waals surface area contributed by atoms with Crippen molar-refractivity contribution in [2.24, 2.45) is 0 Å². The van der Waals surface area contributed by atoms with Gasteiger partial charge in [-0.1, -0.05) is 12.1 Å². The highest BCUT2D eigenvalue weighted by Crippen LogP contribution is 2.19. The molecule has 16 heavy (non-hydrogen) atoms. The lowest BCUT2D eigenvalue weighted by Crippen LogP contribution is -1.92. The molecule has 82 valence electrons. The molecular weight excluding hydrogens is 204 g/mol. The summed E-state index contributed by atoms with van der Waals surface area (Å²) in [4.78, 5) is 8.11. The predicted octanol–water partition coefficient (Wildman–Crippen LogP) is 2.07. The van der Waals surface area contributed by atoms with Crippen LogP contribution in [0.4, 0.5) is 0 Å². The summed E-state index contributed by atoms with van der Waals surface area (Å²) < 4.78 is 5.53. The molecule has 0 fully saturated rings. The molecule has 4 heteroatoms. The number of rotatable bonds is 3. The van der Waals surface area contributed by atoms with Crippen molar-refractivity contribution in [3.05, 3.63) is 47.9 Å². The van der Waals surface area contributed by atoms with E-state index in [9.17, 15) is 0 Å². The first-order valence-electron chi connectivity index (χ1n) is 4.95. The zero-order chi connectivity index (χ0) is 11.4. The SMILES string of the molecule is Cc1nccc(Oc2ccc(CO)cc2)n1. The zero-order valence-corrected chi connectivity index (χ0v) is 8.92. The normalized spacial score (nSPS) is 10.1. The van der Waals surface area contributed by atoms with Crippen molar-refractivity contribution in [3.8, 4) is 11.6 Å². The first-order valence-corrected chi connectivity index (χ1v) is 4.95. The second kappa shape index (κ2) is 4.72. The molecule has 1 N–H and O–H groups in total. The van der Waals surface area contributed by atoms with Crippen molar-refractivity contribution in [1.82, 2.24) is 9.97 Å². The lowest BCUT2D eigenvalue weighted by atomic mass is 10.2. The molecule has 0 atom stereocenters. The van der Waals surface area contributed by atoms with Crippen LogP contribution in [-0.4, -0.2) is 15.1 Å². The summed E-state index contributed by atoms with van der Waals surface area (Å²) >= 11 is 0. The van der Waals surface area contributed by atoms with Crippen molar-refractivity contribution in [2.75, 3.05) is 0 Å². The Hall–Kier alpha value is -1.94. The van der Waals surface area contributed by atoms with Crippen LogP contribution in [0.1, 0.15) is 11.4 Å². The first kappa shape index (κ1) is 10.6. The summed E-state index contributed by atoms with van der Waals surface area (Å²) in [7, 11) is 0. The molecule has 0 saturated carbocycles. The molecule has 0 amide bonds. The molecule has 0 unspecified atom stereocenters. The van der Waals surface area contributed by atoms with Crippen LogP contribution >= 0.6 is 0 Å². The van der Waals surface area contributed by atoms with E-state index in [0.29, 0.717) is 17.5 Å². The minimum atomic E-state index is 0.0346. The van der Waals surface area contributed by atoms with Gasteiger partial charge < -0.3 is 9.84 Å². The van der Waals surface area contributed by atoms with Crippen molar-refractivity contribution < 1.29 is 9.84 Å². The van der Waals surface area contributed by atoms with Crippen LogP contribution < -0.4 is 4.74 Å². The molecule has 0 spiro atoms. The average Bonchev–Trinajstić information content (AvgIpc) is 2.30. The van der Waals surface area contributed by atoms with Crippen LogP contribution in [0.5, 0.6) is 11.6 Å². The minimum Gasteiger partial charge on any atom is -0.439 e. The van der Waals surface area contributed by atoms with Gasteiger partial charge in [-0.2, -0.15) is 4.98 Å². The lowest BCUT2D eigenvalue weighted by molar-refractivity contribution is 0.281. The lowest BCUT2D eigenvalue weighted by Gasteiger charge is -2.05. The van der Waals surface area contributed by atoms with E-state index in [2.05, 4.69) is 9.97 Å². The van der Waals surface area contributed by atoms with Crippen LogP contribution in [0, 0.1) is 6.92 Å². The quantitative estimate of drug-likeness (QED) is 0.853. The molecule has 0 radical (unpaired) electrons. The maximum atomic E-state index is 8.89. The Morgan fingerprint density at radius 1 is 1.19 bits per heavy atom. The highest BCUT2D eigenvalue weighted by Gasteiger charge is 1.99. The van der Waals surface area contributed by atoms with Gasteiger partial charge in [-0.05, 0) is 24.6 Å². The van der Waals surface area contributed by atoms with E-state index >= 15 is 0 Å². The number of aliphatic hydroxyl groups is 1. The number of nitrogens with zero attached hydrogens (tertiary/aromatic N) is 2. The Labute approximate surface area is 93.6 Å². The predicted molar refractivity (Wildman–Crippen MR) is 59.2 cm³/mol. The highest BCUT2D eigenvalue weighted by atomic mass is 16.5. The van der Waals surface area contributed by atoms with Gasteiger partial charge >= 0.3 is 0 Å². The smallest absolute Gasteiger partial charge is 0.222 e. The van der Waals surface area contributed by atoms with E-state index in [1.807, 2.05) is 19.1 Å². The van der Waals surface area contributed by atoms with Gasteiger partial charge in [-0.25, -0.2) is 4.98 Å². The number of aryl methyl sites for hydroxylation is 1. The van der Waals surface area contributed by atoms with E-state index in [-0.39, 0.29) is 6.61 Å². The third-order valence-corrected chi connectivity index (χ3v) is 2.08. The van der Waals surface area contributed by atoms with E-state index in [0.717, 1.165) is 5.56 Å². The Balaban J connectivity index is 2.14. The standard InChI is InChI=1S/C12H12N2O2/c1-9-13-7-6-12(14-9)16-11-4-2-10(8-15)3-5-11/h2-7,15H,8H2,1H3. The average molecular weight is 216 g/mol. The maximum absolute atomic E-state index is 8.89. The molecule has 0 aliphatic rings. The van der Waals surface area contributed by atoms with Crippen molar-refractivity contribution >= 4 is 0 Å². The van der Waals surface area contributed by atoms with Gasteiger partial charge in [-0.15, -0.1) is 0 Å². The van der Waals surface area contributed by atoms with Crippen LogP contribution in [-0.2, 0) is 6.61 Å². The van der Waals surface area contributed by atoms with Gasteiger partial charge in [0.2, 0.25) is 5.88 Å². The minimum absolute atomic E-state index is 0.0346. The van der Waals surface area contributed by atoms with Gasteiger partial charge in [0.15, 0.2) is 0 Å². The molecule has 0 aliphatic carbocycles. The van der Waals surface area contributed by atoms with E-state index < -0.39 is 0 Å². The number of ether oxygens (including phenoxy) is 1. The molecule has 0 aliphatic heterocycles. The van der Waals surface area contributed by atoms with Gasteiger partial charge in [0.05, 0.1) is 6.61 Å². The molecular formula is C12H12N2O2. The fourth-order valence-electron chi connectivity index (χ4n) is 1.28. The third-order valence-electron chi connectivity index (χ3n) is 2.08. The van der Waals surface area contributed by atoms with Gasteiger partial charge in [0.1, 0.15) is 11.6 Å². The van der Waals surface area contributed by atoms with Gasteiger partial charge in [0.25, 0.3) is 0 Å². The second-order valence-electron chi connectivity index (χ2n) is 3.35. The molecule has 0 bridgehead atoms. The summed E-state index contributed by atoms with van der Waals surface area (Å²) in [6.45, 7) is 1.84. The maximum Gasteiger partial charge on any atom is 0.222 e. The molecule has 1 heterocycles. The summed E-state index contributed by atoms with van der Waals surface area (Å²) in [6, 6.07) is 8.91. The summed E-state index contributed by atoms with van der Waals surface area (Å²) in [5.41, 5.74) is 0.853.